The molecule has 21 heavy (non-hydrogen) atoms. The molecule has 0 atom stereocenters. The molecule has 1 heterocycles. The van der Waals surface area contributed by atoms with Crippen LogP contribution in [0.5, 0.6) is 5.75 Å². The van der Waals surface area contributed by atoms with Crippen molar-refractivity contribution in [2.75, 3.05) is 0 Å². The lowest BCUT2D eigenvalue weighted by atomic mass is 10.1. The molecule has 3 aromatic rings. The Morgan fingerprint density at radius 2 is 1.81 bits per heavy atom. The van der Waals surface area contributed by atoms with Crippen molar-refractivity contribution < 1.29 is 9.63 Å². The average Bonchev–Trinajstić information content (AvgIpc) is 2.97. The summed E-state index contributed by atoms with van der Waals surface area (Å²) < 4.78 is 5.25. The van der Waals surface area contributed by atoms with Gasteiger partial charge in [-0.15, -0.1) is 0 Å². The van der Waals surface area contributed by atoms with Crippen molar-refractivity contribution in [1.29, 1.82) is 0 Å². The largest absolute Gasteiger partial charge is 0.508 e. The second kappa shape index (κ2) is 6.22. The summed E-state index contributed by atoms with van der Waals surface area (Å²) in [4.78, 5) is 4.36. The van der Waals surface area contributed by atoms with Crippen LogP contribution in [0, 0.1) is 0 Å². The van der Waals surface area contributed by atoms with Crippen molar-refractivity contribution in [3.63, 3.8) is 0 Å². The second-order valence-electron chi connectivity index (χ2n) is 4.90. The van der Waals surface area contributed by atoms with Crippen molar-refractivity contribution in [2.24, 2.45) is 0 Å². The molecule has 0 radical (unpaired) electrons. The molecular formula is C17H16N2O2. The summed E-state index contributed by atoms with van der Waals surface area (Å²) in [5.74, 6) is 1.34. The van der Waals surface area contributed by atoms with E-state index >= 15 is 0 Å². The van der Waals surface area contributed by atoms with Gasteiger partial charge in [-0.05, 0) is 30.5 Å². The minimum atomic E-state index is 0.197. The van der Waals surface area contributed by atoms with Crippen LogP contribution in [0.2, 0.25) is 0 Å². The first-order valence-corrected chi connectivity index (χ1v) is 6.97. The number of hydrogen-bond acceptors (Lipinski definition) is 4. The van der Waals surface area contributed by atoms with E-state index in [-0.39, 0.29) is 5.75 Å². The topological polar surface area (TPSA) is 59.2 Å². The lowest BCUT2D eigenvalue weighted by molar-refractivity contribution is 0.376. The summed E-state index contributed by atoms with van der Waals surface area (Å²) in [6, 6.07) is 17.2. The number of hydrogen-bond donors (Lipinski definition) is 1. The first kappa shape index (κ1) is 13.4. The minimum Gasteiger partial charge on any atom is -0.508 e. The van der Waals surface area contributed by atoms with Crippen molar-refractivity contribution in [3.05, 3.63) is 66.1 Å². The van der Waals surface area contributed by atoms with E-state index in [2.05, 4.69) is 22.3 Å². The Kier molecular flexibility index (Phi) is 3.96. The molecule has 0 spiro atoms. The van der Waals surface area contributed by atoms with Gasteiger partial charge in [-0.25, -0.2) is 0 Å². The summed E-state index contributed by atoms with van der Waals surface area (Å²) in [6.07, 6.45) is 2.71. The average molecular weight is 280 g/mol. The number of benzene rings is 2. The van der Waals surface area contributed by atoms with Gasteiger partial charge >= 0.3 is 0 Å². The molecule has 106 valence electrons. The Morgan fingerprint density at radius 3 is 2.62 bits per heavy atom. The van der Waals surface area contributed by atoms with Gasteiger partial charge < -0.3 is 9.63 Å². The second-order valence-corrected chi connectivity index (χ2v) is 4.90. The van der Waals surface area contributed by atoms with Crippen molar-refractivity contribution in [2.45, 2.75) is 19.3 Å². The van der Waals surface area contributed by atoms with Crippen molar-refractivity contribution >= 4 is 0 Å². The van der Waals surface area contributed by atoms with E-state index < -0.39 is 0 Å². The van der Waals surface area contributed by atoms with Gasteiger partial charge in [0.25, 0.3) is 0 Å². The van der Waals surface area contributed by atoms with Gasteiger partial charge in [-0.3, -0.25) is 0 Å². The van der Waals surface area contributed by atoms with Crippen molar-refractivity contribution in [3.8, 4) is 17.1 Å². The summed E-state index contributed by atoms with van der Waals surface area (Å²) in [6.45, 7) is 0. The SMILES string of the molecule is Oc1cccc(-c2noc(CCCc3ccccc3)n2)c1. The lowest BCUT2D eigenvalue weighted by Gasteiger charge is -1.98. The van der Waals surface area contributed by atoms with E-state index in [0.29, 0.717) is 11.7 Å². The van der Waals surface area contributed by atoms with Crippen LogP contribution in [0.4, 0.5) is 0 Å². The molecule has 1 N–H and O–H groups in total. The first-order chi connectivity index (χ1) is 10.3. The predicted molar refractivity (Wildman–Crippen MR) is 79.9 cm³/mol. The maximum absolute atomic E-state index is 9.46. The molecule has 0 aliphatic heterocycles. The molecule has 0 aliphatic carbocycles. The zero-order valence-corrected chi connectivity index (χ0v) is 11.6. The molecule has 0 bridgehead atoms. The van der Waals surface area contributed by atoms with Gasteiger partial charge in [-0.2, -0.15) is 4.98 Å². The first-order valence-electron chi connectivity index (χ1n) is 6.97. The standard InChI is InChI=1S/C17H16N2O2/c20-15-10-5-9-14(12-15)17-18-16(21-19-17)11-4-8-13-6-2-1-3-7-13/h1-3,5-7,9-10,12,20H,4,8,11H2. The van der Waals surface area contributed by atoms with Crippen molar-refractivity contribution in [1.82, 2.24) is 10.1 Å². The van der Waals surface area contributed by atoms with E-state index in [4.69, 9.17) is 4.52 Å². The molecule has 0 saturated carbocycles. The number of aromatic nitrogens is 2. The van der Waals surface area contributed by atoms with Gasteiger partial charge in [0, 0.05) is 12.0 Å². The molecule has 1 aromatic heterocycles. The monoisotopic (exact) mass is 280 g/mol. The highest BCUT2D eigenvalue weighted by atomic mass is 16.5. The van der Waals surface area contributed by atoms with Gasteiger partial charge in [0.1, 0.15) is 5.75 Å². The maximum Gasteiger partial charge on any atom is 0.226 e. The smallest absolute Gasteiger partial charge is 0.226 e. The van der Waals surface area contributed by atoms with Crippen LogP contribution in [0.15, 0.2) is 59.1 Å². The van der Waals surface area contributed by atoms with E-state index in [1.54, 1.807) is 18.2 Å². The highest BCUT2D eigenvalue weighted by Crippen LogP contribution is 2.20. The molecule has 0 unspecified atom stereocenters. The van der Waals surface area contributed by atoms with E-state index in [0.717, 1.165) is 24.8 Å². The van der Waals surface area contributed by atoms with Crippen LogP contribution < -0.4 is 0 Å². The third-order valence-corrected chi connectivity index (χ3v) is 3.27. The van der Waals surface area contributed by atoms with E-state index in [1.165, 1.54) is 5.56 Å². The molecule has 0 fully saturated rings. The fourth-order valence-corrected chi connectivity index (χ4v) is 2.21. The molecule has 3 rings (SSSR count). The molecule has 0 saturated heterocycles. The maximum atomic E-state index is 9.46. The zero-order valence-electron chi connectivity index (χ0n) is 11.6. The molecule has 4 heteroatoms. The van der Waals surface area contributed by atoms with Crippen LogP contribution >= 0.6 is 0 Å². The Bertz CT molecular complexity index is 708. The minimum absolute atomic E-state index is 0.197. The highest BCUT2D eigenvalue weighted by molar-refractivity contribution is 5.56. The number of phenols is 1. The normalized spacial score (nSPS) is 10.7. The van der Waals surface area contributed by atoms with E-state index in [9.17, 15) is 5.11 Å². The number of rotatable bonds is 5. The number of nitrogens with zero attached hydrogens (tertiary/aromatic N) is 2. The Balaban J connectivity index is 1.60. The van der Waals surface area contributed by atoms with Crippen LogP contribution in [0.3, 0.4) is 0 Å². The number of aryl methyl sites for hydroxylation is 2. The molecular weight excluding hydrogens is 264 g/mol. The third kappa shape index (κ3) is 3.48. The van der Waals surface area contributed by atoms with Crippen LogP contribution in [-0.4, -0.2) is 15.2 Å². The van der Waals surface area contributed by atoms with Gasteiger partial charge in [-0.1, -0.05) is 47.6 Å². The zero-order chi connectivity index (χ0) is 14.5. The number of phenolic OH excluding ortho intramolecular Hbond substituents is 1. The van der Waals surface area contributed by atoms with E-state index in [1.807, 2.05) is 24.3 Å². The summed E-state index contributed by atoms with van der Waals surface area (Å²) in [5.41, 5.74) is 2.07. The molecule has 0 amide bonds. The van der Waals surface area contributed by atoms with Gasteiger partial charge in [0.15, 0.2) is 0 Å². The van der Waals surface area contributed by atoms with Gasteiger partial charge in [0.05, 0.1) is 0 Å². The fraction of sp³-hybridized carbons (Fsp3) is 0.176. The van der Waals surface area contributed by atoms with Crippen LogP contribution in [0.1, 0.15) is 17.9 Å². The quantitative estimate of drug-likeness (QED) is 0.775. The van der Waals surface area contributed by atoms with Crippen LogP contribution in [-0.2, 0) is 12.8 Å². The van der Waals surface area contributed by atoms with Gasteiger partial charge in [0.2, 0.25) is 11.7 Å². The molecule has 2 aromatic carbocycles. The fourth-order valence-electron chi connectivity index (χ4n) is 2.21. The molecule has 0 aliphatic rings. The third-order valence-electron chi connectivity index (χ3n) is 3.27. The summed E-state index contributed by atoms with van der Waals surface area (Å²) in [5, 5.41) is 13.4. The number of aromatic hydroxyl groups is 1. The Labute approximate surface area is 123 Å². The lowest BCUT2D eigenvalue weighted by Crippen LogP contribution is -1.90. The Morgan fingerprint density at radius 1 is 0.952 bits per heavy atom. The highest BCUT2D eigenvalue weighted by Gasteiger charge is 2.08. The summed E-state index contributed by atoms with van der Waals surface area (Å²) in [7, 11) is 0. The predicted octanol–water partition coefficient (Wildman–Crippen LogP) is 3.62. The van der Waals surface area contributed by atoms with Crippen LogP contribution in [0.25, 0.3) is 11.4 Å². The summed E-state index contributed by atoms with van der Waals surface area (Å²) >= 11 is 0. The molecule has 4 nitrogen and oxygen atoms in total. The Hall–Kier alpha value is -2.62.